The van der Waals surface area contributed by atoms with E-state index in [0.717, 1.165) is 22.5 Å². The molecule has 1 N–H and O–H groups in total. The van der Waals surface area contributed by atoms with Gasteiger partial charge in [-0.1, -0.05) is 24.3 Å². The molecular weight excluding hydrogens is 674 g/mol. The number of piperazine rings is 1. The van der Waals surface area contributed by atoms with Crippen molar-refractivity contribution in [2.24, 2.45) is 0 Å². The number of para-hydroxylation sites is 1. The van der Waals surface area contributed by atoms with Crippen LogP contribution in [-0.4, -0.2) is 67.4 Å². The summed E-state index contributed by atoms with van der Waals surface area (Å²) in [6.45, 7) is 1.49. The molecule has 1 amide bonds. The highest BCUT2D eigenvalue weighted by Crippen LogP contribution is 2.32. The molecule has 1 atom stereocenters. The van der Waals surface area contributed by atoms with Crippen LogP contribution < -0.4 is 15.1 Å². The molecule has 3 aromatic carbocycles. The molecule has 3 heterocycles. The number of nitrogens with one attached hydrogen (secondary N) is 1. The van der Waals surface area contributed by atoms with E-state index in [4.69, 9.17) is 0 Å². The third kappa shape index (κ3) is 7.34. The minimum Gasteiger partial charge on any atom is -0.366 e. The largest absolute Gasteiger partial charge is 0.416 e. The van der Waals surface area contributed by atoms with E-state index in [1.165, 1.54) is 24.3 Å². The van der Waals surface area contributed by atoms with Gasteiger partial charge in [-0.15, -0.1) is 0 Å². The lowest BCUT2D eigenvalue weighted by Gasteiger charge is -2.36. The Morgan fingerprint density at radius 1 is 0.816 bits per heavy atom. The molecular formula is C33H30F6N6O3S. The summed E-state index contributed by atoms with van der Waals surface area (Å²) >= 11 is 0. The Hall–Kier alpha value is -4.70. The van der Waals surface area contributed by atoms with Crippen molar-refractivity contribution in [3.8, 4) is 11.3 Å². The van der Waals surface area contributed by atoms with Crippen LogP contribution in [0.2, 0.25) is 0 Å². The lowest BCUT2D eigenvalue weighted by Crippen LogP contribution is -2.47. The smallest absolute Gasteiger partial charge is 0.366 e. The molecule has 9 nitrogen and oxygen atoms in total. The van der Waals surface area contributed by atoms with Gasteiger partial charge in [-0.2, -0.15) is 17.5 Å². The third-order valence-electron chi connectivity index (χ3n) is 8.48. The summed E-state index contributed by atoms with van der Waals surface area (Å²) in [4.78, 5) is 25.8. The maximum absolute atomic E-state index is 14.4. The first-order valence-electron chi connectivity index (χ1n) is 15.4. The van der Waals surface area contributed by atoms with Gasteiger partial charge in [0.15, 0.2) is 11.6 Å². The predicted molar refractivity (Wildman–Crippen MR) is 168 cm³/mol. The molecule has 2 fully saturated rings. The van der Waals surface area contributed by atoms with Gasteiger partial charge in [-0.25, -0.2) is 31.6 Å². The number of alkyl halides is 3. The van der Waals surface area contributed by atoms with Crippen LogP contribution in [0.5, 0.6) is 0 Å². The molecule has 0 aliphatic carbocycles. The Balaban J connectivity index is 1.23. The number of hydrogen-bond donors (Lipinski definition) is 1. The van der Waals surface area contributed by atoms with Crippen LogP contribution in [0.3, 0.4) is 0 Å². The molecule has 2 aliphatic rings. The predicted octanol–water partition coefficient (Wildman–Crippen LogP) is 5.38. The van der Waals surface area contributed by atoms with Gasteiger partial charge in [-0.05, 0) is 61.4 Å². The van der Waals surface area contributed by atoms with Crippen LogP contribution in [-0.2, 0) is 27.5 Å². The number of anilines is 2. The number of carbonyl (C=O) groups excluding carboxylic acids is 1. The van der Waals surface area contributed by atoms with Crippen molar-refractivity contribution in [3.63, 3.8) is 0 Å². The van der Waals surface area contributed by atoms with Crippen LogP contribution >= 0.6 is 0 Å². The zero-order valence-corrected chi connectivity index (χ0v) is 26.6. The molecule has 2 aliphatic heterocycles. The Kier molecular flexibility index (Phi) is 9.53. The number of benzene rings is 3. The van der Waals surface area contributed by atoms with Crippen LogP contribution in [0.4, 0.5) is 38.0 Å². The molecule has 16 heteroatoms. The van der Waals surface area contributed by atoms with Gasteiger partial charge >= 0.3 is 6.18 Å². The summed E-state index contributed by atoms with van der Waals surface area (Å²) in [6, 6.07) is 13.4. The van der Waals surface area contributed by atoms with Gasteiger partial charge < -0.3 is 15.1 Å². The van der Waals surface area contributed by atoms with Crippen molar-refractivity contribution < 1.29 is 39.6 Å². The maximum Gasteiger partial charge on any atom is 0.416 e. The summed E-state index contributed by atoms with van der Waals surface area (Å²) in [6.07, 6.45) is -3.99. The minimum atomic E-state index is -4.53. The lowest BCUT2D eigenvalue weighted by atomic mass is 10.1. The van der Waals surface area contributed by atoms with Gasteiger partial charge in [0.2, 0.25) is 21.9 Å². The van der Waals surface area contributed by atoms with E-state index in [1.54, 1.807) is 18.2 Å². The second-order valence-corrected chi connectivity index (χ2v) is 13.5. The normalized spacial score (nSPS) is 17.4. The second-order valence-electron chi connectivity index (χ2n) is 11.6. The van der Waals surface area contributed by atoms with E-state index in [9.17, 15) is 39.6 Å². The Morgan fingerprint density at radius 2 is 1.51 bits per heavy atom. The van der Waals surface area contributed by atoms with Crippen molar-refractivity contribution in [1.82, 2.24) is 19.6 Å². The number of aromatic nitrogens is 2. The van der Waals surface area contributed by atoms with Gasteiger partial charge in [0.1, 0.15) is 11.9 Å². The molecule has 0 saturated carbocycles. The monoisotopic (exact) mass is 704 g/mol. The number of halogens is 6. The average molecular weight is 705 g/mol. The fraction of sp³-hybridized carbons (Fsp3) is 0.303. The SMILES string of the molecule is O=C(NCc1cc(-c2ccc(C(F)(F)F)cc2)nc(N2CCN(c3ccccc3F)CC2)n1)C1CCCN1S(=O)(=O)c1ccc(F)c(F)c1. The molecule has 0 radical (unpaired) electrons. The maximum atomic E-state index is 14.4. The van der Waals surface area contributed by atoms with Crippen LogP contribution in [0.1, 0.15) is 24.1 Å². The van der Waals surface area contributed by atoms with E-state index in [0.29, 0.717) is 67.4 Å². The Bertz CT molecular complexity index is 1950. The summed E-state index contributed by atoms with van der Waals surface area (Å²) in [5, 5.41) is 2.70. The van der Waals surface area contributed by atoms with Crippen molar-refractivity contribution in [1.29, 1.82) is 0 Å². The highest BCUT2D eigenvalue weighted by molar-refractivity contribution is 7.89. The van der Waals surface area contributed by atoms with Crippen LogP contribution in [0.15, 0.2) is 77.7 Å². The topological polar surface area (TPSA) is 98.7 Å². The van der Waals surface area contributed by atoms with Gasteiger partial charge in [0.25, 0.3) is 0 Å². The molecule has 1 aromatic heterocycles. The van der Waals surface area contributed by atoms with E-state index >= 15 is 0 Å². The van der Waals surface area contributed by atoms with Crippen molar-refractivity contribution >= 4 is 27.6 Å². The summed E-state index contributed by atoms with van der Waals surface area (Å²) < 4.78 is 109. The van der Waals surface area contributed by atoms with E-state index in [2.05, 4.69) is 15.3 Å². The molecule has 49 heavy (non-hydrogen) atoms. The number of hydrogen-bond acceptors (Lipinski definition) is 7. The first kappa shape index (κ1) is 34.2. The number of amides is 1. The first-order valence-corrected chi connectivity index (χ1v) is 16.8. The minimum absolute atomic E-state index is 0.00595. The molecule has 0 bridgehead atoms. The Labute approximate surface area is 278 Å². The molecule has 0 spiro atoms. The van der Waals surface area contributed by atoms with Gasteiger partial charge in [0.05, 0.1) is 34.1 Å². The van der Waals surface area contributed by atoms with Gasteiger partial charge in [-0.3, -0.25) is 4.79 Å². The Morgan fingerprint density at radius 3 is 2.18 bits per heavy atom. The number of rotatable bonds is 8. The number of nitrogens with zero attached hydrogens (tertiary/aromatic N) is 5. The standard InChI is InChI=1S/C33H30F6N6O3S/c34-25-12-11-24(19-27(25)36)49(47,48)45-13-3-6-30(45)31(46)40-20-23-18-28(21-7-9-22(10-8-21)33(37,38)39)42-32(41-23)44-16-14-43(15-17-44)29-5-2-1-4-26(29)35/h1-2,4-5,7-12,18-19,30H,3,6,13-17,20H2,(H,40,46). The summed E-state index contributed by atoms with van der Waals surface area (Å²) in [5.41, 5.74) is 0.591. The fourth-order valence-electron chi connectivity index (χ4n) is 5.91. The zero-order chi connectivity index (χ0) is 34.9. The van der Waals surface area contributed by atoms with Crippen molar-refractivity contribution in [3.05, 3.63) is 102 Å². The van der Waals surface area contributed by atoms with Crippen molar-refractivity contribution in [2.75, 3.05) is 42.5 Å². The summed E-state index contributed by atoms with van der Waals surface area (Å²) in [5.74, 6) is -3.29. The molecule has 4 aromatic rings. The van der Waals surface area contributed by atoms with E-state index < -0.39 is 50.2 Å². The second kappa shape index (κ2) is 13.7. The lowest BCUT2D eigenvalue weighted by molar-refractivity contribution is -0.137. The highest BCUT2D eigenvalue weighted by Gasteiger charge is 2.40. The summed E-state index contributed by atoms with van der Waals surface area (Å²) in [7, 11) is -4.33. The first-order chi connectivity index (χ1) is 23.3. The fourth-order valence-corrected chi connectivity index (χ4v) is 7.58. The van der Waals surface area contributed by atoms with Crippen molar-refractivity contribution in [2.45, 2.75) is 36.5 Å². The number of carbonyl (C=O) groups is 1. The molecule has 258 valence electrons. The zero-order valence-electron chi connectivity index (χ0n) is 25.8. The highest BCUT2D eigenvalue weighted by atomic mass is 32.2. The molecule has 6 rings (SSSR count). The third-order valence-corrected chi connectivity index (χ3v) is 10.4. The molecule has 2 saturated heterocycles. The van der Waals surface area contributed by atoms with E-state index in [1.807, 2.05) is 9.80 Å². The number of sulfonamides is 1. The van der Waals surface area contributed by atoms with E-state index in [-0.39, 0.29) is 31.3 Å². The quantitative estimate of drug-likeness (QED) is 0.246. The van der Waals surface area contributed by atoms with Crippen LogP contribution in [0.25, 0.3) is 11.3 Å². The van der Waals surface area contributed by atoms with Gasteiger partial charge in [0, 0.05) is 38.3 Å². The van der Waals surface area contributed by atoms with Crippen LogP contribution in [0, 0.1) is 17.5 Å². The average Bonchev–Trinajstić information content (AvgIpc) is 3.60. The molecule has 1 unspecified atom stereocenters.